The van der Waals surface area contributed by atoms with Gasteiger partial charge in [0.15, 0.2) is 0 Å². The van der Waals surface area contributed by atoms with Gasteiger partial charge in [-0.2, -0.15) is 0 Å². The van der Waals surface area contributed by atoms with Crippen molar-refractivity contribution in [3.05, 3.63) is 209 Å². The van der Waals surface area contributed by atoms with Crippen molar-refractivity contribution in [3.63, 3.8) is 0 Å². The van der Waals surface area contributed by atoms with E-state index in [4.69, 9.17) is 11.0 Å². The Labute approximate surface area is 341 Å². The maximum atomic E-state index is 8.56. The molecule has 8 aromatic carbocycles. The molecule has 0 atom stereocenters. The van der Waals surface area contributed by atoms with Gasteiger partial charge in [-0.3, -0.25) is 0 Å². The average molecular weight is 726 g/mol. The summed E-state index contributed by atoms with van der Waals surface area (Å²) in [4.78, 5) is 2.33. The molecule has 56 heavy (non-hydrogen) atoms. The summed E-state index contributed by atoms with van der Waals surface area (Å²) < 4.78 is 67.7. The molecule has 0 heterocycles. The molecule has 0 aliphatic heterocycles. The summed E-state index contributed by atoms with van der Waals surface area (Å²) in [6, 6.07) is 59.4. The third-order valence-corrected chi connectivity index (χ3v) is 11.8. The van der Waals surface area contributed by atoms with Crippen LogP contribution in [0.3, 0.4) is 0 Å². The predicted molar refractivity (Wildman–Crippen MR) is 235 cm³/mol. The van der Waals surface area contributed by atoms with Gasteiger partial charge in [-0.05, 0) is 140 Å². The predicted octanol–water partition coefficient (Wildman–Crippen LogP) is 14.3. The highest BCUT2D eigenvalue weighted by atomic mass is 15.1. The normalized spacial score (nSPS) is 19.8. The van der Waals surface area contributed by atoms with Crippen LogP contribution in [0.2, 0.25) is 0 Å². The summed E-state index contributed by atoms with van der Waals surface area (Å²) in [6.07, 6.45) is -8.30. The minimum Gasteiger partial charge on any atom is -0.309 e. The third-order valence-electron chi connectivity index (χ3n) is 11.8. The quantitative estimate of drug-likeness (QED) is 0.158. The van der Waals surface area contributed by atoms with E-state index in [9.17, 15) is 0 Å². The van der Waals surface area contributed by atoms with Crippen LogP contribution < -0.4 is 4.90 Å². The molecule has 0 spiro atoms. The van der Waals surface area contributed by atoms with Crippen LogP contribution >= 0.6 is 0 Å². The lowest BCUT2D eigenvalue weighted by Gasteiger charge is -2.32. The van der Waals surface area contributed by atoms with Gasteiger partial charge in [0.05, 0.1) is 11.4 Å². The summed E-state index contributed by atoms with van der Waals surface area (Å²) in [5, 5.41) is 0. The van der Waals surface area contributed by atoms with Crippen LogP contribution in [-0.4, -0.2) is 0 Å². The molecule has 0 unspecified atom stereocenters. The van der Waals surface area contributed by atoms with Crippen molar-refractivity contribution in [2.24, 2.45) is 0 Å². The number of aryl methyl sites for hydroxylation is 4. The second kappa shape index (κ2) is 12.8. The maximum absolute atomic E-state index is 8.56. The van der Waals surface area contributed by atoms with E-state index in [-0.39, 0.29) is 5.41 Å². The van der Waals surface area contributed by atoms with Crippen LogP contribution in [0.25, 0.3) is 55.6 Å². The first kappa shape index (κ1) is 25.6. The number of nitrogens with zero attached hydrogens (tertiary/aromatic N) is 1. The highest BCUT2D eigenvalue weighted by Crippen LogP contribution is 2.52. The maximum Gasteiger partial charge on any atom is 0.0540 e. The molecular formula is C55H43N. The molecule has 0 amide bonds. The van der Waals surface area contributed by atoms with Crippen molar-refractivity contribution in [2.45, 2.75) is 44.8 Å². The lowest BCUT2D eigenvalue weighted by molar-refractivity contribution is 0.660. The van der Waals surface area contributed by atoms with Gasteiger partial charge >= 0.3 is 0 Å². The zero-order valence-corrected chi connectivity index (χ0v) is 31.2. The molecule has 0 bridgehead atoms. The average Bonchev–Trinajstić information content (AvgIpc) is 3.54. The van der Waals surface area contributed by atoms with Crippen LogP contribution in [0.1, 0.15) is 58.2 Å². The van der Waals surface area contributed by atoms with Crippen LogP contribution in [0, 0.1) is 0 Å². The van der Waals surface area contributed by atoms with E-state index in [1.807, 2.05) is 48.5 Å². The minimum absolute atomic E-state index is 0.267. The molecule has 8 aromatic rings. The first-order chi connectivity index (χ1) is 30.5. The summed E-state index contributed by atoms with van der Waals surface area (Å²) in [5.74, 6) is 0. The molecule has 0 radical (unpaired) electrons. The number of hydrogen-bond donors (Lipinski definition) is 0. The number of fused-ring (bicyclic) bond motifs is 5. The van der Waals surface area contributed by atoms with E-state index in [0.717, 1.165) is 61.6 Å². The van der Waals surface area contributed by atoms with E-state index in [0.29, 0.717) is 22.3 Å². The molecule has 1 heteroatoms. The van der Waals surface area contributed by atoms with E-state index < -0.39 is 25.5 Å². The standard InChI is InChI=1S/C55H43N/c1-55(2)51-16-10-9-15-47(51)48-28-27-46(35-52(48)55)56(53-29-25-44(33-49(53)38-11-5-3-6-12-38)42-23-19-36-17-21-40(36)31-42)54-30-26-45(34-50(54)39-13-7-4-8-14-39)43-24-20-37-18-22-41(37)32-43/h3-16,19-20,23-35H,17-18,21-22H2,1-2H3/i17D2,18D2,21D2,22D2. The highest BCUT2D eigenvalue weighted by Gasteiger charge is 2.36. The van der Waals surface area contributed by atoms with Gasteiger partial charge in [-0.15, -0.1) is 0 Å². The van der Waals surface area contributed by atoms with Gasteiger partial charge in [0.25, 0.3) is 0 Å². The molecule has 3 aliphatic rings. The Hall–Kier alpha value is -6.44. The zero-order valence-electron chi connectivity index (χ0n) is 39.2. The van der Waals surface area contributed by atoms with Gasteiger partial charge in [0.2, 0.25) is 0 Å². The van der Waals surface area contributed by atoms with Gasteiger partial charge < -0.3 is 4.90 Å². The van der Waals surface area contributed by atoms with Crippen LogP contribution in [0.5, 0.6) is 0 Å². The summed E-state index contributed by atoms with van der Waals surface area (Å²) in [6.45, 7) is 4.56. The molecule has 0 N–H and O–H groups in total. The van der Waals surface area contributed by atoms with Gasteiger partial charge in [-0.1, -0.05) is 153 Å². The topological polar surface area (TPSA) is 3.24 Å². The first-order valence-corrected chi connectivity index (χ1v) is 19.3. The summed E-state index contributed by atoms with van der Waals surface area (Å²) in [7, 11) is 0. The number of hydrogen-bond acceptors (Lipinski definition) is 1. The van der Waals surface area contributed by atoms with E-state index in [2.05, 4.69) is 122 Å². The van der Waals surface area contributed by atoms with E-state index in [1.165, 1.54) is 22.3 Å². The van der Waals surface area contributed by atoms with Crippen molar-refractivity contribution < 1.29 is 11.0 Å². The molecule has 0 aromatic heterocycles. The Morgan fingerprint density at radius 3 is 1.41 bits per heavy atom. The summed E-state index contributed by atoms with van der Waals surface area (Å²) >= 11 is 0. The summed E-state index contributed by atoms with van der Waals surface area (Å²) in [5.41, 5.74) is 16.2. The first-order valence-electron chi connectivity index (χ1n) is 23.3. The zero-order chi connectivity index (χ0) is 44.6. The van der Waals surface area contributed by atoms with E-state index >= 15 is 0 Å². The second-order valence-electron chi connectivity index (χ2n) is 15.5. The Morgan fingerprint density at radius 1 is 0.375 bits per heavy atom. The lowest BCUT2D eigenvalue weighted by Crippen LogP contribution is -2.17. The Bertz CT molecular complexity index is 3050. The molecule has 0 saturated carbocycles. The van der Waals surface area contributed by atoms with Crippen LogP contribution in [-0.2, 0) is 30.9 Å². The highest BCUT2D eigenvalue weighted by molar-refractivity contribution is 5.97. The smallest absolute Gasteiger partial charge is 0.0540 e. The second-order valence-corrected chi connectivity index (χ2v) is 15.5. The monoisotopic (exact) mass is 725 g/mol. The minimum atomic E-state index is -2.10. The molecule has 3 aliphatic carbocycles. The van der Waals surface area contributed by atoms with Gasteiger partial charge in [0.1, 0.15) is 0 Å². The Morgan fingerprint density at radius 2 is 0.839 bits per heavy atom. The third kappa shape index (κ3) is 5.29. The fourth-order valence-corrected chi connectivity index (χ4v) is 8.78. The fourth-order valence-electron chi connectivity index (χ4n) is 8.78. The van der Waals surface area contributed by atoms with Crippen LogP contribution in [0.4, 0.5) is 17.1 Å². The molecule has 0 saturated heterocycles. The molecular weight excluding hydrogens is 675 g/mol. The Kier molecular flexibility index (Phi) is 5.86. The van der Waals surface area contributed by atoms with Gasteiger partial charge in [0, 0.05) is 33.2 Å². The van der Waals surface area contributed by atoms with Crippen molar-refractivity contribution >= 4 is 17.1 Å². The molecule has 11 rings (SSSR count). The van der Waals surface area contributed by atoms with Crippen molar-refractivity contribution in [2.75, 3.05) is 4.90 Å². The van der Waals surface area contributed by atoms with Gasteiger partial charge in [-0.25, -0.2) is 0 Å². The Balaban J connectivity index is 1.15. The number of rotatable bonds is 7. The van der Waals surface area contributed by atoms with Crippen molar-refractivity contribution in [1.82, 2.24) is 0 Å². The SMILES string of the molecule is [2H]C1([2H])c2ccc(-c3ccc(N(c4ccc5c(c4)C(C)(C)c4ccccc4-5)c4ccc(-c5ccc6c(c5)C([2H])([2H])C6([2H])[2H])cc4-c4ccccc4)c(-c4ccccc4)c3)cc2C1([2H])[2H]. The lowest BCUT2D eigenvalue weighted by atomic mass is 9.82. The fraction of sp³-hybridized carbons (Fsp3) is 0.127. The molecule has 268 valence electrons. The van der Waals surface area contributed by atoms with E-state index in [1.54, 1.807) is 24.3 Å². The number of benzene rings is 8. The van der Waals surface area contributed by atoms with Crippen LogP contribution in [0.15, 0.2) is 176 Å². The molecule has 0 fully saturated rings. The van der Waals surface area contributed by atoms with Crippen molar-refractivity contribution in [3.8, 4) is 55.6 Å². The van der Waals surface area contributed by atoms with Crippen molar-refractivity contribution in [1.29, 1.82) is 0 Å². The largest absolute Gasteiger partial charge is 0.309 e. The molecule has 1 nitrogen and oxygen atoms in total. The number of anilines is 3.